The number of aromatic nitrogens is 2. The van der Waals surface area contributed by atoms with E-state index in [4.69, 9.17) is 4.42 Å². The highest BCUT2D eigenvalue weighted by molar-refractivity contribution is 6.16. The molecule has 0 atom stereocenters. The average molecular weight is 577 g/mol. The zero-order chi connectivity index (χ0) is 29.5. The number of fused-ring (bicyclic) bond motifs is 9. The van der Waals surface area contributed by atoms with Crippen LogP contribution in [0.5, 0.6) is 0 Å². The summed E-state index contributed by atoms with van der Waals surface area (Å²) < 4.78 is 11.7. The van der Waals surface area contributed by atoms with Gasteiger partial charge in [0.2, 0.25) is 0 Å². The largest absolute Gasteiger partial charge is 0.453 e. The van der Waals surface area contributed by atoms with Crippen molar-refractivity contribution in [1.82, 2.24) is 9.13 Å². The van der Waals surface area contributed by atoms with Gasteiger partial charge >= 0.3 is 0 Å². The number of para-hydroxylation sites is 5. The molecule has 1 aliphatic carbocycles. The summed E-state index contributed by atoms with van der Waals surface area (Å²) in [7, 11) is 0. The first-order valence-electron chi connectivity index (χ1n) is 15.7. The Hall–Kier alpha value is -5.80. The topological polar surface area (TPSA) is 23.0 Å². The molecule has 3 nitrogen and oxygen atoms in total. The molecule has 0 radical (unpaired) electrons. The van der Waals surface area contributed by atoms with E-state index in [1.54, 1.807) is 0 Å². The molecular weight excluding hydrogens is 548 g/mol. The van der Waals surface area contributed by atoms with Crippen LogP contribution < -0.4 is 0 Å². The minimum atomic E-state index is 0.904. The summed E-state index contributed by atoms with van der Waals surface area (Å²) in [5.41, 5.74) is 11.3. The number of allylic oxidation sites excluding steroid dienone is 4. The second-order valence-corrected chi connectivity index (χ2v) is 12.0. The molecule has 0 aliphatic heterocycles. The predicted octanol–water partition coefficient (Wildman–Crippen LogP) is 11.6. The molecule has 212 valence electrons. The van der Waals surface area contributed by atoms with Gasteiger partial charge in [0.15, 0.2) is 5.58 Å². The molecule has 3 aromatic heterocycles. The van der Waals surface area contributed by atoms with E-state index in [2.05, 4.69) is 155 Å². The van der Waals surface area contributed by atoms with Gasteiger partial charge in [-0.3, -0.25) is 0 Å². The molecule has 10 rings (SSSR count). The van der Waals surface area contributed by atoms with Crippen molar-refractivity contribution < 1.29 is 4.42 Å². The van der Waals surface area contributed by atoms with E-state index in [1.165, 1.54) is 49.3 Å². The van der Waals surface area contributed by atoms with Crippen LogP contribution in [0.3, 0.4) is 0 Å². The fourth-order valence-corrected chi connectivity index (χ4v) is 7.62. The summed E-state index contributed by atoms with van der Waals surface area (Å²) in [5.74, 6) is 0. The maximum Gasteiger partial charge on any atom is 0.159 e. The summed E-state index contributed by atoms with van der Waals surface area (Å²) in [6.45, 7) is 0. The number of benzene rings is 6. The Morgan fingerprint density at radius 2 is 1.09 bits per heavy atom. The van der Waals surface area contributed by atoms with Gasteiger partial charge in [-0.2, -0.15) is 0 Å². The first-order chi connectivity index (χ1) is 22.3. The lowest BCUT2D eigenvalue weighted by Gasteiger charge is -2.14. The van der Waals surface area contributed by atoms with Crippen molar-refractivity contribution in [2.75, 3.05) is 0 Å². The Bertz CT molecular complexity index is 2660. The van der Waals surface area contributed by atoms with Crippen LogP contribution in [-0.4, -0.2) is 9.13 Å². The smallest absolute Gasteiger partial charge is 0.159 e. The summed E-state index contributed by atoms with van der Waals surface area (Å²) in [6.07, 6.45) is 8.80. The van der Waals surface area contributed by atoms with Crippen molar-refractivity contribution in [2.45, 2.75) is 12.8 Å². The zero-order valence-corrected chi connectivity index (χ0v) is 24.6. The molecule has 0 bridgehead atoms. The minimum absolute atomic E-state index is 0.904. The average Bonchev–Trinajstić information content (AvgIpc) is 3.76. The Morgan fingerprint density at radius 1 is 0.489 bits per heavy atom. The van der Waals surface area contributed by atoms with Crippen LogP contribution in [0.1, 0.15) is 12.8 Å². The molecule has 9 aromatic rings. The van der Waals surface area contributed by atoms with Gasteiger partial charge in [-0.25, -0.2) is 0 Å². The van der Waals surface area contributed by atoms with Crippen LogP contribution in [0.2, 0.25) is 0 Å². The van der Waals surface area contributed by atoms with Gasteiger partial charge in [0, 0.05) is 43.6 Å². The molecular formula is C42H28N2O. The van der Waals surface area contributed by atoms with E-state index in [0.717, 1.165) is 51.6 Å². The molecule has 3 heteroatoms. The number of furan rings is 1. The summed E-state index contributed by atoms with van der Waals surface area (Å²) in [4.78, 5) is 0. The Kier molecular flexibility index (Phi) is 5.11. The highest BCUT2D eigenvalue weighted by Crippen LogP contribution is 2.42. The third-order valence-electron chi connectivity index (χ3n) is 9.59. The quantitative estimate of drug-likeness (QED) is 0.205. The number of rotatable bonds is 3. The van der Waals surface area contributed by atoms with Gasteiger partial charge < -0.3 is 13.6 Å². The SMILES string of the molecule is C1=CCCC(n2c3ccccc3c3cc(-c4cccc5c4oc4c(-n6c7ccccc7c7ccccc76)cccc45)ccc32)=C1. The van der Waals surface area contributed by atoms with E-state index < -0.39 is 0 Å². The van der Waals surface area contributed by atoms with Crippen molar-refractivity contribution in [3.8, 4) is 16.8 Å². The van der Waals surface area contributed by atoms with Crippen LogP contribution in [0, 0.1) is 0 Å². The molecule has 0 unspecified atom stereocenters. The van der Waals surface area contributed by atoms with Crippen LogP contribution in [0.25, 0.3) is 88.1 Å². The lowest BCUT2D eigenvalue weighted by molar-refractivity contribution is 0.667. The van der Waals surface area contributed by atoms with Crippen LogP contribution in [0.4, 0.5) is 0 Å². The fraction of sp³-hybridized carbons (Fsp3) is 0.0476. The van der Waals surface area contributed by atoms with Gasteiger partial charge in [0.25, 0.3) is 0 Å². The minimum Gasteiger partial charge on any atom is -0.453 e. The van der Waals surface area contributed by atoms with Crippen LogP contribution in [0.15, 0.2) is 150 Å². The van der Waals surface area contributed by atoms with Crippen molar-refractivity contribution in [3.63, 3.8) is 0 Å². The first-order valence-corrected chi connectivity index (χ1v) is 15.7. The van der Waals surface area contributed by atoms with Gasteiger partial charge in [0.05, 0.1) is 27.8 Å². The molecule has 6 aromatic carbocycles. The van der Waals surface area contributed by atoms with E-state index >= 15 is 0 Å². The lowest BCUT2D eigenvalue weighted by atomic mass is 10.00. The van der Waals surface area contributed by atoms with Crippen LogP contribution in [-0.2, 0) is 0 Å². The molecule has 0 saturated carbocycles. The highest BCUT2D eigenvalue weighted by Gasteiger charge is 2.20. The molecule has 0 spiro atoms. The van der Waals surface area contributed by atoms with Crippen molar-refractivity contribution in [2.24, 2.45) is 0 Å². The third kappa shape index (κ3) is 3.46. The van der Waals surface area contributed by atoms with Crippen molar-refractivity contribution in [1.29, 1.82) is 0 Å². The molecule has 0 fully saturated rings. The first kappa shape index (κ1) is 24.6. The number of hydrogen-bond acceptors (Lipinski definition) is 1. The normalized spacial score (nSPS) is 13.6. The summed E-state index contributed by atoms with van der Waals surface area (Å²) in [6, 6.07) is 46.0. The van der Waals surface area contributed by atoms with Crippen molar-refractivity contribution >= 4 is 71.2 Å². The maximum absolute atomic E-state index is 6.95. The molecule has 3 heterocycles. The third-order valence-corrected chi connectivity index (χ3v) is 9.59. The van der Waals surface area contributed by atoms with E-state index in [9.17, 15) is 0 Å². The molecule has 0 saturated heterocycles. The molecule has 1 aliphatic rings. The lowest BCUT2D eigenvalue weighted by Crippen LogP contribution is -1.98. The highest BCUT2D eigenvalue weighted by atomic mass is 16.3. The number of nitrogens with zero attached hydrogens (tertiary/aromatic N) is 2. The fourth-order valence-electron chi connectivity index (χ4n) is 7.62. The Labute approximate surface area is 259 Å². The zero-order valence-electron chi connectivity index (χ0n) is 24.6. The van der Waals surface area contributed by atoms with E-state index in [1.807, 2.05) is 0 Å². The standard InChI is InChI=1S/C42H28N2O/c1-2-12-28(13-3-1)43-36-20-7-6-16-32(36)35-26-27(24-25-39(35)43)29-17-10-18-33-34-19-11-23-40(42(34)45-41(29)33)44-37-21-8-4-14-30(37)31-15-5-9-22-38(31)44/h1-2,4-12,14-26H,3,13H2. The van der Waals surface area contributed by atoms with Gasteiger partial charge in [-0.1, -0.05) is 103 Å². The predicted molar refractivity (Wildman–Crippen MR) is 189 cm³/mol. The van der Waals surface area contributed by atoms with Gasteiger partial charge in [-0.15, -0.1) is 0 Å². The van der Waals surface area contributed by atoms with Crippen molar-refractivity contribution in [3.05, 3.63) is 146 Å². The maximum atomic E-state index is 6.95. The molecule has 45 heavy (non-hydrogen) atoms. The Balaban J connectivity index is 1.22. The van der Waals surface area contributed by atoms with E-state index in [0.29, 0.717) is 0 Å². The second-order valence-electron chi connectivity index (χ2n) is 12.0. The van der Waals surface area contributed by atoms with E-state index in [-0.39, 0.29) is 0 Å². The van der Waals surface area contributed by atoms with Gasteiger partial charge in [-0.05, 0) is 60.9 Å². The summed E-state index contributed by atoms with van der Waals surface area (Å²) >= 11 is 0. The molecule has 0 amide bonds. The molecule has 0 N–H and O–H groups in total. The van der Waals surface area contributed by atoms with Gasteiger partial charge in [0.1, 0.15) is 5.58 Å². The van der Waals surface area contributed by atoms with Crippen LogP contribution >= 0.6 is 0 Å². The second kappa shape index (κ2) is 9.35. The monoisotopic (exact) mass is 576 g/mol. The Morgan fingerprint density at radius 3 is 1.80 bits per heavy atom. The number of hydrogen-bond donors (Lipinski definition) is 0. The summed E-state index contributed by atoms with van der Waals surface area (Å²) in [5, 5.41) is 7.28.